The van der Waals surface area contributed by atoms with E-state index in [1.807, 2.05) is 66.7 Å². The first kappa shape index (κ1) is 23.1. The predicted octanol–water partition coefficient (Wildman–Crippen LogP) is 3.89. The third-order valence-electron chi connectivity index (χ3n) is 6.92. The first-order valence-electron chi connectivity index (χ1n) is 12.5. The summed E-state index contributed by atoms with van der Waals surface area (Å²) in [5, 5.41) is 11.4. The van der Waals surface area contributed by atoms with Crippen molar-refractivity contribution in [3.05, 3.63) is 95.6 Å². The molecule has 2 aliphatic heterocycles. The van der Waals surface area contributed by atoms with Crippen LogP contribution in [0, 0.1) is 0 Å². The highest BCUT2D eigenvalue weighted by Crippen LogP contribution is 2.26. The van der Waals surface area contributed by atoms with Crippen molar-refractivity contribution in [3.63, 3.8) is 0 Å². The Bertz CT molecular complexity index is 1420. The lowest BCUT2D eigenvalue weighted by molar-refractivity contribution is -0.119. The molecule has 8 heteroatoms. The molecular formula is C29H28N6O2. The van der Waals surface area contributed by atoms with E-state index in [0.717, 1.165) is 54.1 Å². The predicted molar refractivity (Wildman–Crippen MR) is 144 cm³/mol. The monoisotopic (exact) mass is 492 g/mol. The summed E-state index contributed by atoms with van der Waals surface area (Å²) < 4.78 is 5.90. The van der Waals surface area contributed by atoms with Crippen LogP contribution < -0.4 is 10.2 Å². The molecule has 186 valence electrons. The molecule has 0 saturated carbocycles. The van der Waals surface area contributed by atoms with E-state index in [1.165, 1.54) is 5.69 Å². The molecule has 0 amide bonds. The van der Waals surface area contributed by atoms with Gasteiger partial charge in [-0.05, 0) is 36.9 Å². The van der Waals surface area contributed by atoms with Crippen molar-refractivity contribution in [1.82, 2.24) is 15.1 Å². The number of nitrogens with one attached hydrogen (secondary N) is 1. The zero-order valence-corrected chi connectivity index (χ0v) is 20.7. The number of fused-ring (bicyclic) bond motifs is 1. The number of anilines is 2. The number of aromatic nitrogens is 2. The Kier molecular flexibility index (Phi) is 6.24. The van der Waals surface area contributed by atoms with E-state index >= 15 is 0 Å². The van der Waals surface area contributed by atoms with E-state index in [0.29, 0.717) is 5.89 Å². The van der Waals surface area contributed by atoms with Gasteiger partial charge in [0.05, 0.1) is 5.71 Å². The number of carbonyl (C=O) groups excluding carboxylic acids is 1. The van der Waals surface area contributed by atoms with Crippen LogP contribution >= 0.6 is 0 Å². The summed E-state index contributed by atoms with van der Waals surface area (Å²) in [7, 11) is 2.15. The van der Waals surface area contributed by atoms with E-state index in [1.54, 1.807) is 0 Å². The van der Waals surface area contributed by atoms with Crippen LogP contribution in [0.5, 0.6) is 0 Å². The minimum Gasteiger partial charge on any atom is -0.403 e. The Morgan fingerprint density at radius 2 is 1.57 bits per heavy atom. The van der Waals surface area contributed by atoms with Crippen molar-refractivity contribution >= 4 is 23.2 Å². The van der Waals surface area contributed by atoms with Crippen LogP contribution in [0.15, 0.2) is 88.3 Å². The van der Waals surface area contributed by atoms with Gasteiger partial charge in [-0.25, -0.2) is 0 Å². The van der Waals surface area contributed by atoms with Crippen molar-refractivity contribution in [2.45, 2.75) is 12.6 Å². The van der Waals surface area contributed by atoms with Crippen LogP contribution in [0.4, 0.5) is 11.7 Å². The standard InChI is InChI=1S/C29H28N6O2/c1-34-15-17-35(18-16-34)23-13-11-21(12-14-23)28-32-33-29(37-28)31-27-25(36)19-22-9-5-6-10-24(22)26(30-27)20-7-3-2-4-8-20/h2-14,27H,15-19H2,1H3,(H,31,33)/t27-/m1/s1. The van der Waals surface area contributed by atoms with Crippen molar-refractivity contribution in [2.24, 2.45) is 4.99 Å². The van der Waals surface area contributed by atoms with E-state index < -0.39 is 6.17 Å². The second kappa shape index (κ2) is 9.99. The number of hydrogen-bond donors (Lipinski definition) is 1. The summed E-state index contributed by atoms with van der Waals surface area (Å²) in [6, 6.07) is 26.1. The van der Waals surface area contributed by atoms with Gasteiger partial charge in [-0.2, -0.15) is 0 Å². The highest BCUT2D eigenvalue weighted by Gasteiger charge is 2.27. The number of piperazine rings is 1. The first-order chi connectivity index (χ1) is 18.1. The number of Topliss-reactive ketones (excluding diaryl/α,β-unsaturated/α-hetero) is 1. The second-order valence-corrected chi connectivity index (χ2v) is 9.44. The van der Waals surface area contributed by atoms with E-state index in [-0.39, 0.29) is 18.2 Å². The molecule has 6 rings (SSSR count). The van der Waals surface area contributed by atoms with Gasteiger partial charge in [0.2, 0.25) is 5.89 Å². The van der Waals surface area contributed by atoms with Crippen LogP contribution in [0.25, 0.3) is 11.5 Å². The van der Waals surface area contributed by atoms with Crippen LogP contribution in [0.1, 0.15) is 16.7 Å². The van der Waals surface area contributed by atoms with Gasteiger partial charge in [0.15, 0.2) is 11.9 Å². The fourth-order valence-electron chi connectivity index (χ4n) is 4.79. The molecule has 0 aliphatic carbocycles. The largest absolute Gasteiger partial charge is 0.403 e. The molecule has 0 unspecified atom stereocenters. The fourth-order valence-corrected chi connectivity index (χ4v) is 4.79. The molecule has 3 heterocycles. The minimum atomic E-state index is -0.837. The number of rotatable bonds is 5. The topological polar surface area (TPSA) is 86.9 Å². The minimum absolute atomic E-state index is 0.0605. The lowest BCUT2D eigenvalue weighted by Crippen LogP contribution is -2.44. The molecule has 1 N–H and O–H groups in total. The van der Waals surface area contributed by atoms with Gasteiger partial charge in [-0.3, -0.25) is 9.79 Å². The zero-order valence-electron chi connectivity index (χ0n) is 20.7. The number of benzene rings is 3. The summed E-state index contributed by atoms with van der Waals surface area (Å²) in [6.07, 6.45) is -0.571. The maximum Gasteiger partial charge on any atom is 0.317 e. The van der Waals surface area contributed by atoms with E-state index in [4.69, 9.17) is 9.41 Å². The third-order valence-corrected chi connectivity index (χ3v) is 6.92. The Hall–Kier alpha value is -4.30. The maximum atomic E-state index is 13.2. The molecule has 0 radical (unpaired) electrons. The summed E-state index contributed by atoms with van der Waals surface area (Å²) >= 11 is 0. The fraction of sp³-hybridized carbons (Fsp3) is 0.241. The van der Waals surface area contributed by atoms with Crippen molar-refractivity contribution in [2.75, 3.05) is 43.4 Å². The molecule has 0 spiro atoms. The number of likely N-dealkylation sites (N-methyl/N-ethyl adjacent to an activating group) is 1. The second-order valence-electron chi connectivity index (χ2n) is 9.44. The van der Waals surface area contributed by atoms with Gasteiger partial charge < -0.3 is 19.5 Å². The number of ketones is 1. The molecule has 2 aliphatic rings. The number of carbonyl (C=O) groups is 1. The van der Waals surface area contributed by atoms with Crippen molar-refractivity contribution in [3.8, 4) is 11.5 Å². The van der Waals surface area contributed by atoms with Gasteiger partial charge in [-0.15, -0.1) is 5.10 Å². The maximum absolute atomic E-state index is 13.2. The van der Waals surface area contributed by atoms with Crippen LogP contribution in [-0.2, 0) is 11.2 Å². The Morgan fingerprint density at radius 1 is 0.838 bits per heavy atom. The Balaban J connectivity index is 1.23. The zero-order chi connectivity index (χ0) is 25.2. The van der Waals surface area contributed by atoms with Crippen LogP contribution in [-0.4, -0.2) is 66.0 Å². The average Bonchev–Trinajstić information content (AvgIpc) is 3.35. The average molecular weight is 493 g/mol. The molecule has 0 bridgehead atoms. The first-order valence-corrected chi connectivity index (χ1v) is 12.5. The number of nitrogens with zero attached hydrogens (tertiary/aromatic N) is 5. The SMILES string of the molecule is CN1CCN(c2ccc(-c3nnc(N[C@H]4N=C(c5ccccc5)c5ccccc5CC4=O)o3)cc2)CC1. The van der Waals surface area contributed by atoms with Gasteiger partial charge in [0.25, 0.3) is 0 Å². The Morgan fingerprint density at radius 3 is 2.35 bits per heavy atom. The summed E-state index contributed by atoms with van der Waals surface area (Å²) in [4.78, 5) is 22.7. The van der Waals surface area contributed by atoms with Gasteiger partial charge in [0, 0.05) is 55.0 Å². The third kappa shape index (κ3) is 4.88. The summed E-state index contributed by atoms with van der Waals surface area (Å²) in [6.45, 7) is 4.13. The molecule has 3 aromatic carbocycles. The van der Waals surface area contributed by atoms with Crippen LogP contribution in [0.3, 0.4) is 0 Å². The lowest BCUT2D eigenvalue weighted by Gasteiger charge is -2.34. The summed E-state index contributed by atoms with van der Waals surface area (Å²) in [5.41, 5.74) is 5.62. The highest BCUT2D eigenvalue weighted by atomic mass is 16.4. The Labute approximate surface area is 215 Å². The number of hydrogen-bond acceptors (Lipinski definition) is 8. The van der Waals surface area contributed by atoms with Gasteiger partial charge >= 0.3 is 6.01 Å². The number of aliphatic imine (C=N–C) groups is 1. The molecule has 8 nitrogen and oxygen atoms in total. The van der Waals surface area contributed by atoms with Crippen molar-refractivity contribution < 1.29 is 9.21 Å². The molecular weight excluding hydrogens is 464 g/mol. The van der Waals surface area contributed by atoms with Gasteiger partial charge in [0.1, 0.15) is 0 Å². The van der Waals surface area contributed by atoms with E-state index in [2.05, 4.69) is 44.5 Å². The van der Waals surface area contributed by atoms with Gasteiger partial charge in [-0.1, -0.05) is 59.7 Å². The van der Waals surface area contributed by atoms with E-state index in [9.17, 15) is 4.79 Å². The quantitative estimate of drug-likeness (QED) is 0.452. The molecule has 1 atom stereocenters. The molecule has 1 fully saturated rings. The molecule has 37 heavy (non-hydrogen) atoms. The lowest BCUT2D eigenvalue weighted by atomic mass is 9.96. The normalized spacial score (nSPS) is 18.2. The molecule has 1 aromatic heterocycles. The highest BCUT2D eigenvalue weighted by molar-refractivity contribution is 6.16. The van der Waals surface area contributed by atoms with Crippen LogP contribution in [0.2, 0.25) is 0 Å². The molecule has 1 saturated heterocycles. The summed E-state index contributed by atoms with van der Waals surface area (Å²) in [5.74, 6) is 0.332. The molecule has 4 aromatic rings. The van der Waals surface area contributed by atoms with Crippen molar-refractivity contribution in [1.29, 1.82) is 0 Å². The smallest absolute Gasteiger partial charge is 0.317 e.